The smallest absolute Gasteiger partial charge is 0.417 e. The second kappa shape index (κ2) is 12.1. The van der Waals surface area contributed by atoms with Crippen LogP contribution in [0.3, 0.4) is 0 Å². The van der Waals surface area contributed by atoms with Crippen molar-refractivity contribution >= 4 is 22.6 Å². The van der Waals surface area contributed by atoms with E-state index in [4.69, 9.17) is 4.74 Å². The van der Waals surface area contributed by atoms with E-state index in [1.807, 2.05) is 24.3 Å². The summed E-state index contributed by atoms with van der Waals surface area (Å²) in [5.41, 5.74) is 0.827. The molecule has 2 N–H and O–H groups in total. The quantitative estimate of drug-likeness (QED) is 0.202. The zero-order chi connectivity index (χ0) is 29.7. The molecule has 9 heteroatoms. The van der Waals surface area contributed by atoms with Gasteiger partial charge in [-0.2, -0.15) is 13.2 Å². The topological polar surface area (TPSA) is 88.5 Å². The van der Waals surface area contributed by atoms with Gasteiger partial charge in [-0.25, -0.2) is 4.79 Å². The van der Waals surface area contributed by atoms with Crippen molar-refractivity contribution in [2.75, 3.05) is 0 Å². The SMILES string of the molecule is O=C(NC(C(=O)O)C(c1ccccc1)c1ccccc1)c1ccc2ccccc2c1OCc1ccc(C(F)(F)F)cn1. The van der Waals surface area contributed by atoms with Crippen LogP contribution in [0.5, 0.6) is 5.75 Å². The van der Waals surface area contributed by atoms with E-state index in [9.17, 15) is 27.9 Å². The Hall–Kier alpha value is -5.18. The highest BCUT2D eigenvalue weighted by Gasteiger charge is 2.34. The minimum atomic E-state index is -4.52. The fourth-order valence-electron chi connectivity index (χ4n) is 4.81. The van der Waals surface area contributed by atoms with Gasteiger partial charge >= 0.3 is 12.1 Å². The van der Waals surface area contributed by atoms with Gasteiger partial charge in [-0.3, -0.25) is 9.78 Å². The number of carboxylic acid groups (broad SMARTS) is 1. The number of halogens is 3. The number of hydrogen-bond donors (Lipinski definition) is 2. The summed E-state index contributed by atoms with van der Waals surface area (Å²) in [5.74, 6) is -2.44. The monoisotopic (exact) mass is 570 g/mol. The molecule has 1 atom stereocenters. The third-order valence-corrected chi connectivity index (χ3v) is 6.84. The van der Waals surface area contributed by atoms with E-state index in [2.05, 4.69) is 10.3 Å². The number of carbonyl (C=O) groups excluding carboxylic acids is 1. The number of fused-ring (bicyclic) bond motifs is 1. The molecule has 0 saturated carbocycles. The van der Waals surface area contributed by atoms with Crippen LogP contribution in [0.25, 0.3) is 10.8 Å². The Balaban J connectivity index is 1.49. The third-order valence-electron chi connectivity index (χ3n) is 6.84. The van der Waals surface area contributed by atoms with Gasteiger partial charge in [0.1, 0.15) is 18.4 Å². The number of rotatable bonds is 9. The molecule has 4 aromatic carbocycles. The maximum Gasteiger partial charge on any atom is 0.417 e. The molecule has 0 aliphatic heterocycles. The van der Waals surface area contributed by atoms with Gasteiger partial charge in [-0.15, -0.1) is 0 Å². The van der Waals surface area contributed by atoms with Crippen LogP contribution in [0.1, 0.15) is 38.7 Å². The normalized spacial score (nSPS) is 12.2. The summed E-state index contributed by atoms with van der Waals surface area (Å²) in [6.07, 6.45) is -3.80. The molecule has 1 amide bonds. The van der Waals surface area contributed by atoms with Gasteiger partial charge in [0, 0.05) is 17.5 Å². The van der Waals surface area contributed by atoms with Gasteiger partial charge in [0.25, 0.3) is 5.91 Å². The van der Waals surface area contributed by atoms with Crippen LogP contribution in [0.4, 0.5) is 13.2 Å². The van der Waals surface area contributed by atoms with E-state index >= 15 is 0 Å². The number of amides is 1. The molecule has 42 heavy (non-hydrogen) atoms. The molecule has 0 aliphatic rings. The van der Waals surface area contributed by atoms with Gasteiger partial charge in [-0.1, -0.05) is 91.0 Å². The minimum absolute atomic E-state index is 0.0757. The number of nitrogens with one attached hydrogen (secondary N) is 1. The van der Waals surface area contributed by atoms with Crippen molar-refractivity contribution in [2.24, 2.45) is 0 Å². The van der Waals surface area contributed by atoms with Crippen LogP contribution in [-0.2, 0) is 17.6 Å². The van der Waals surface area contributed by atoms with Crippen molar-refractivity contribution in [3.8, 4) is 5.75 Å². The fourth-order valence-corrected chi connectivity index (χ4v) is 4.81. The van der Waals surface area contributed by atoms with Gasteiger partial charge in [0.05, 0.1) is 16.8 Å². The molecule has 1 unspecified atom stereocenters. The molecule has 6 nitrogen and oxygen atoms in total. The van der Waals surface area contributed by atoms with Crippen LogP contribution in [0.15, 0.2) is 115 Å². The number of carbonyl (C=O) groups is 2. The molecule has 1 aromatic heterocycles. The van der Waals surface area contributed by atoms with Gasteiger partial charge < -0.3 is 15.2 Å². The van der Waals surface area contributed by atoms with Crippen molar-refractivity contribution in [3.05, 3.63) is 143 Å². The van der Waals surface area contributed by atoms with Crippen LogP contribution in [0, 0.1) is 0 Å². The van der Waals surface area contributed by atoms with Crippen LogP contribution < -0.4 is 10.1 Å². The lowest BCUT2D eigenvalue weighted by atomic mass is 9.84. The van der Waals surface area contributed by atoms with Crippen molar-refractivity contribution < 1.29 is 32.6 Å². The molecule has 0 saturated heterocycles. The molecule has 5 aromatic rings. The van der Waals surface area contributed by atoms with Crippen LogP contribution >= 0.6 is 0 Å². The number of alkyl halides is 3. The maximum absolute atomic E-state index is 13.8. The van der Waals surface area contributed by atoms with Gasteiger partial charge in [0.15, 0.2) is 0 Å². The molecule has 0 bridgehead atoms. The van der Waals surface area contributed by atoms with Crippen molar-refractivity contribution in [1.82, 2.24) is 10.3 Å². The number of pyridine rings is 1. The second-order valence-corrected chi connectivity index (χ2v) is 9.58. The predicted molar refractivity (Wildman–Crippen MR) is 151 cm³/mol. The molecular formula is C33H25F3N2O4. The Bertz CT molecular complexity index is 1650. The van der Waals surface area contributed by atoms with Crippen molar-refractivity contribution in [3.63, 3.8) is 0 Å². The first kappa shape index (κ1) is 28.4. The average molecular weight is 571 g/mol. The Morgan fingerprint density at radius 3 is 2.00 bits per heavy atom. The molecule has 0 aliphatic carbocycles. The number of nitrogens with zero attached hydrogens (tertiary/aromatic N) is 1. The number of benzene rings is 4. The zero-order valence-corrected chi connectivity index (χ0v) is 22.1. The number of aromatic nitrogens is 1. The summed E-state index contributed by atoms with van der Waals surface area (Å²) >= 11 is 0. The summed E-state index contributed by atoms with van der Waals surface area (Å²) in [5, 5.41) is 14.3. The first-order chi connectivity index (χ1) is 20.2. The number of ether oxygens (including phenoxy) is 1. The highest BCUT2D eigenvalue weighted by atomic mass is 19.4. The van der Waals surface area contributed by atoms with E-state index in [1.165, 1.54) is 12.1 Å². The Morgan fingerprint density at radius 1 is 0.810 bits per heavy atom. The zero-order valence-electron chi connectivity index (χ0n) is 22.1. The van der Waals surface area contributed by atoms with E-state index in [0.717, 1.165) is 17.6 Å². The van der Waals surface area contributed by atoms with Gasteiger partial charge in [-0.05, 0) is 34.7 Å². The molecule has 0 radical (unpaired) electrons. The number of carboxylic acids is 1. The van der Waals surface area contributed by atoms with Gasteiger partial charge in [0.2, 0.25) is 0 Å². The largest absolute Gasteiger partial charge is 0.486 e. The Morgan fingerprint density at radius 2 is 1.43 bits per heavy atom. The Labute approximate surface area is 239 Å². The van der Waals surface area contributed by atoms with E-state index in [-0.39, 0.29) is 23.6 Å². The summed E-state index contributed by atoms with van der Waals surface area (Å²) < 4.78 is 44.9. The first-order valence-corrected chi connectivity index (χ1v) is 13.0. The molecular weight excluding hydrogens is 545 g/mol. The average Bonchev–Trinajstić information content (AvgIpc) is 3.00. The molecule has 5 rings (SSSR count). The summed E-state index contributed by atoms with van der Waals surface area (Å²) in [6.45, 7) is -0.217. The molecule has 212 valence electrons. The van der Waals surface area contributed by atoms with Crippen molar-refractivity contribution in [1.29, 1.82) is 0 Å². The van der Waals surface area contributed by atoms with Crippen LogP contribution in [0.2, 0.25) is 0 Å². The lowest BCUT2D eigenvalue weighted by molar-refractivity contribution is -0.140. The van der Waals surface area contributed by atoms with E-state index < -0.39 is 35.6 Å². The minimum Gasteiger partial charge on any atom is -0.486 e. The summed E-state index contributed by atoms with van der Waals surface area (Å²) in [4.78, 5) is 30.2. The lowest BCUT2D eigenvalue weighted by Gasteiger charge is -2.26. The van der Waals surface area contributed by atoms with Crippen LogP contribution in [-0.4, -0.2) is 28.0 Å². The Kier molecular flexibility index (Phi) is 8.19. The molecule has 1 heterocycles. The second-order valence-electron chi connectivity index (χ2n) is 9.58. The molecule has 0 spiro atoms. The lowest BCUT2D eigenvalue weighted by Crippen LogP contribution is -2.45. The number of hydrogen-bond acceptors (Lipinski definition) is 4. The number of aliphatic carboxylic acids is 1. The highest BCUT2D eigenvalue weighted by molar-refractivity contribution is 6.05. The fraction of sp³-hybridized carbons (Fsp3) is 0.121. The highest BCUT2D eigenvalue weighted by Crippen LogP contribution is 2.33. The maximum atomic E-state index is 13.8. The third kappa shape index (κ3) is 6.25. The molecule has 0 fully saturated rings. The summed E-state index contributed by atoms with van der Waals surface area (Å²) in [6, 6.07) is 29.3. The summed E-state index contributed by atoms with van der Waals surface area (Å²) in [7, 11) is 0. The van der Waals surface area contributed by atoms with E-state index in [1.54, 1.807) is 66.7 Å². The standard InChI is InChI=1S/C33H25F3N2O4/c34-33(35,36)24-16-17-25(37-19-24)20-42-30-26-14-8-7-9-21(26)15-18-27(30)31(39)38-29(32(40)41)28(22-10-3-1-4-11-22)23-12-5-2-6-13-23/h1-19,28-29H,20H2,(H,38,39)(H,40,41). The van der Waals surface area contributed by atoms with Crippen molar-refractivity contribution in [2.45, 2.75) is 24.7 Å². The van der Waals surface area contributed by atoms with E-state index in [0.29, 0.717) is 16.5 Å². The first-order valence-electron chi connectivity index (χ1n) is 13.0. The predicted octanol–water partition coefficient (Wildman–Crippen LogP) is 6.85.